The lowest BCUT2D eigenvalue weighted by molar-refractivity contribution is -0.137. The van der Waals surface area contributed by atoms with Crippen LogP contribution in [0, 0.1) is 11.8 Å². The number of Topliss-reactive ketones (excluding diaryl/α,β-unsaturated/α-hetero) is 2. The second kappa shape index (κ2) is 39.3. The van der Waals surface area contributed by atoms with Crippen LogP contribution in [0.1, 0.15) is 166 Å². The van der Waals surface area contributed by atoms with E-state index >= 15 is 0 Å². The summed E-state index contributed by atoms with van der Waals surface area (Å²) in [7, 11) is 2.16. The monoisotopic (exact) mass is 1580 g/mol. The highest BCUT2D eigenvalue weighted by Crippen LogP contribution is 2.43. The normalized spacial score (nSPS) is 19.1. The number of nitrogens with two attached hydrogens (primary N) is 1. The highest BCUT2D eigenvalue weighted by atomic mass is 16.5. The minimum Gasteiger partial charge on any atom is -0.490 e. The molecule has 0 spiro atoms. The summed E-state index contributed by atoms with van der Waals surface area (Å²) in [5.41, 5.74) is 15.5. The van der Waals surface area contributed by atoms with Gasteiger partial charge in [0.2, 0.25) is 17.7 Å². The van der Waals surface area contributed by atoms with Crippen molar-refractivity contribution in [2.24, 2.45) is 27.6 Å². The zero-order valence-corrected chi connectivity index (χ0v) is 66.9. The first-order valence-corrected chi connectivity index (χ1v) is 41.2. The zero-order valence-electron chi connectivity index (χ0n) is 66.9. The number of nitrogens with one attached hydrogen (secondary N) is 2. The number of benzene rings is 5. The zero-order chi connectivity index (χ0) is 81.2. The van der Waals surface area contributed by atoms with Crippen molar-refractivity contribution in [3.8, 4) is 23.0 Å². The first-order valence-electron chi connectivity index (χ1n) is 41.2. The van der Waals surface area contributed by atoms with Gasteiger partial charge in [-0.25, -0.2) is 0 Å². The first-order chi connectivity index (χ1) is 56.2. The van der Waals surface area contributed by atoms with Crippen LogP contribution in [0.2, 0.25) is 0 Å². The topological polar surface area (TPSA) is 297 Å². The van der Waals surface area contributed by atoms with Gasteiger partial charge in [0.25, 0.3) is 23.6 Å². The molecule has 8 aliphatic heterocycles. The van der Waals surface area contributed by atoms with Gasteiger partial charge in [0.05, 0.1) is 67.1 Å². The molecule has 8 aliphatic rings. The summed E-state index contributed by atoms with van der Waals surface area (Å²) in [5, 5.41) is 5.65. The van der Waals surface area contributed by atoms with E-state index in [4.69, 9.17) is 39.4 Å². The van der Waals surface area contributed by atoms with Gasteiger partial charge in [-0.05, 0) is 121 Å². The van der Waals surface area contributed by atoms with Gasteiger partial charge in [0.1, 0.15) is 12.4 Å². The number of piperazine rings is 2. The van der Waals surface area contributed by atoms with Gasteiger partial charge in [-0.15, -0.1) is 0 Å². The van der Waals surface area contributed by atoms with Crippen molar-refractivity contribution in [1.29, 1.82) is 0 Å². The highest BCUT2D eigenvalue weighted by Gasteiger charge is 2.37. The lowest BCUT2D eigenvalue weighted by Crippen LogP contribution is -2.46. The molecule has 26 heteroatoms. The van der Waals surface area contributed by atoms with E-state index in [1.165, 1.54) is 5.69 Å². The number of primary amides is 1. The second-order valence-corrected chi connectivity index (χ2v) is 31.6. The number of carbonyl (C=O) groups is 9. The summed E-state index contributed by atoms with van der Waals surface area (Å²) in [6, 6.07) is 30.6. The maximum atomic E-state index is 14.7. The maximum Gasteiger partial charge on any atom is 0.260 e. The molecule has 2 fully saturated rings. The molecule has 0 aromatic heterocycles. The molecule has 13 rings (SSSR count). The Kier molecular flexibility index (Phi) is 28.0. The smallest absolute Gasteiger partial charge is 0.260 e. The van der Waals surface area contributed by atoms with Crippen molar-refractivity contribution < 1.29 is 66.8 Å². The minimum absolute atomic E-state index is 0.0374. The number of unbranched alkanes of at least 4 members (excludes halogenated alkanes) is 1. The van der Waals surface area contributed by atoms with E-state index in [1.807, 2.05) is 75.1 Å². The number of hydrogen-bond donors (Lipinski definition) is 3. The predicted molar refractivity (Wildman–Crippen MR) is 444 cm³/mol. The Morgan fingerprint density at radius 1 is 0.586 bits per heavy atom. The summed E-state index contributed by atoms with van der Waals surface area (Å²) in [4.78, 5) is 141. The summed E-state index contributed by atoms with van der Waals surface area (Å²) < 4.78 is 32.1. The van der Waals surface area contributed by atoms with Crippen molar-refractivity contribution in [2.75, 3.05) is 109 Å². The molecule has 0 aliphatic carbocycles. The Balaban J connectivity index is 0.560. The molecule has 116 heavy (non-hydrogen) atoms. The van der Waals surface area contributed by atoms with E-state index in [1.54, 1.807) is 21.9 Å². The molecule has 4 N–H and O–H groups in total. The number of rotatable bonds is 28. The second-order valence-electron chi connectivity index (χ2n) is 31.6. The van der Waals surface area contributed by atoms with Gasteiger partial charge >= 0.3 is 0 Å². The molecule has 2 saturated heterocycles. The van der Waals surface area contributed by atoms with E-state index in [-0.39, 0.29) is 112 Å². The van der Waals surface area contributed by atoms with Crippen LogP contribution in [-0.2, 0) is 51.3 Å². The van der Waals surface area contributed by atoms with Crippen molar-refractivity contribution >= 4 is 99.2 Å². The van der Waals surface area contributed by atoms with Crippen molar-refractivity contribution in [2.45, 2.75) is 154 Å². The van der Waals surface area contributed by atoms with Gasteiger partial charge in [0.15, 0.2) is 34.7 Å². The van der Waals surface area contributed by atoms with Gasteiger partial charge in [-0.3, -0.25) is 58.0 Å². The van der Waals surface area contributed by atoms with E-state index in [0.29, 0.717) is 123 Å². The molecule has 4 atom stereocenters. The fourth-order valence-corrected chi connectivity index (χ4v) is 15.8. The fourth-order valence-electron chi connectivity index (χ4n) is 15.8. The lowest BCUT2D eigenvalue weighted by atomic mass is 9.88. The molecule has 26 nitrogen and oxygen atoms in total. The van der Waals surface area contributed by atoms with Crippen LogP contribution in [0.3, 0.4) is 0 Å². The highest BCUT2D eigenvalue weighted by molar-refractivity contribution is 6.13. The third-order valence-electron chi connectivity index (χ3n) is 22.9. The predicted octanol–water partition coefficient (Wildman–Crippen LogP) is 11.2. The summed E-state index contributed by atoms with van der Waals surface area (Å²) >= 11 is 0. The van der Waals surface area contributed by atoms with Gasteiger partial charge < -0.3 is 69.5 Å². The number of likely N-dealkylation sites (N-methyl/N-ethyl adjacent to an activating group) is 1. The maximum absolute atomic E-state index is 14.7. The van der Waals surface area contributed by atoms with E-state index in [2.05, 4.69) is 92.4 Å². The van der Waals surface area contributed by atoms with Gasteiger partial charge in [-0.1, -0.05) is 94.5 Å². The molecule has 0 radical (unpaired) electrons. The third-order valence-corrected chi connectivity index (χ3v) is 22.9. The standard InChI is InChI=1S/C90H108N12O14/c1-60(2)73(50-72(103)15-13-33-92-85(106)32-34-100-86(107)30-31-87(100)108)88(109)95-76(16-9-10-17-84(91)105)79(104)47-62-18-20-63(21-19-62)59-116-61(3)97-39-41-99(42-40-97)69-28-24-65(25-29-69)67-49-71-56-94-78-54-83-81(52-75(78)90(111)102(71)58-67)113-44-12-8-6-5-7-11-43-112-80-51-74-77(53-82(80)114-45-14-46-115-83)93-55-70-48-66(57-101(70)89(74)110)64-22-26-68(27-23-64)98-37-35-96(4)36-38-98/h18-31,51-58,60,70-71,73,76H,3,5-17,32-50,59H2,1-2,4H3,(H2,91,105)(H,92,106)(H,95,109)/t70-,71-,73-,76-/m0/s1. The van der Waals surface area contributed by atoms with Crippen LogP contribution in [0.15, 0.2) is 144 Å². The van der Waals surface area contributed by atoms with Crippen LogP contribution >= 0.6 is 0 Å². The van der Waals surface area contributed by atoms with Crippen molar-refractivity contribution in [1.82, 2.24) is 35.1 Å². The lowest BCUT2D eigenvalue weighted by Gasteiger charge is -2.37. The number of imide groups is 1. The molecule has 0 saturated carbocycles. The Hall–Kier alpha value is -11.4. The first kappa shape index (κ1) is 82.6. The van der Waals surface area contributed by atoms with Crippen molar-refractivity contribution in [3.63, 3.8) is 0 Å². The average Bonchev–Trinajstić information content (AvgIpc) is 1.55. The Morgan fingerprint density at radius 2 is 1.09 bits per heavy atom. The Morgan fingerprint density at radius 3 is 1.61 bits per heavy atom. The number of amides is 7. The van der Waals surface area contributed by atoms with Crippen LogP contribution in [-0.4, -0.2) is 207 Å². The molecule has 8 heterocycles. The molecule has 612 valence electrons. The summed E-state index contributed by atoms with van der Waals surface area (Å²) in [6.45, 7) is 16.8. The quantitative estimate of drug-likeness (QED) is 0.0238. The van der Waals surface area contributed by atoms with Gasteiger partial charge in [0, 0.05) is 183 Å². The third kappa shape index (κ3) is 21.4. The average molecular weight is 1580 g/mol. The fraction of sp³-hybridized carbons (Fsp3) is 0.456. The number of carbonyl (C=O) groups excluding carboxylic acids is 9. The molecule has 5 aromatic rings. The number of anilines is 2. The van der Waals surface area contributed by atoms with Crippen LogP contribution in [0.25, 0.3) is 11.1 Å². The molecule has 7 amide bonds. The molecular weight excluding hydrogens is 1470 g/mol. The summed E-state index contributed by atoms with van der Waals surface area (Å²) in [5.74, 6) is -1.20. The number of hydrogen-bond acceptors (Lipinski definition) is 20. The van der Waals surface area contributed by atoms with Crippen LogP contribution < -0.4 is 45.1 Å². The number of fused-ring (bicyclic) bond motifs is 6. The van der Waals surface area contributed by atoms with E-state index in [0.717, 1.165) is 134 Å². The SMILES string of the molecule is C=C(OCc1ccc(CC(=O)[C@H](CCCCC(N)=O)NC(=O)[C@@H](CC(=O)CCCNC(=O)CCN2C(=O)C=CC2=O)C(C)C)cc1)N1CCN(c2ccc(C3=CN4C(=O)c5cc6c(cc5N=C[C@@H]4C3)OCCCOc3cc4c(cc3OCCCCCCCCO6)C(=O)N3C=C(c5ccc(N6CCN(C)CC6)cc5)C[C@H]3C=N4)cc2)CC1. The van der Waals surface area contributed by atoms with Crippen molar-refractivity contribution in [3.05, 3.63) is 167 Å². The van der Waals surface area contributed by atoms with Crippen LogP contribution in [0.5, 0.6) is 23.0 Å². The molecule has 5 aromatic carbocycles. The largest absolute Gasteiger partial charge is 0.490 e. The number of ether oxygens (including phenoxy) is 5. The molecule has 0 unspecified atom stereocenters. The number of ketones is 2. The Bertz CT molecular complexity index is 4580. The minimum atomic E-state index is -0.866. The van der Waals surface area contributed by atoms with E-state index in [9.17, 15) is 43.2 Å². The number of aliphatic imine (C=N–C) groups is 2. The van der Waals surface area contributed by atoms with E-state index < -0.39 is 35.6 Å². The summed E-state index contributed by atoms with van der Waals surface area (Å²) in [6.07, 6.45) is 19.1. The van der Waals surface area contributed by atoms with Gasteiger partial charge in [-0.2, -0.15) is 0 Å². The number of nitrogens with zero attached hydrogens (tertiary/aromatic N) is 9. The molecular formula is C90H108N12O14. The molecule has 0 bridgehead atoms. The Labute approximate surface area is 678 Å². The van der Waals surface area contributed by atoms with Crippen LogP contribution in [0.4, 0.5) is 22.7 Å².